The summed E-state index contributed by atoms with van der Waals surface area (Å²) >= 11 is 0. The number of aliphatic hydroxyl groups excluding tert-OH is 1. The van der Waals surface area contributed by atoms with Gasteiger partial charge in [0.05, 0.1) is 13.2 Å². The molecule has 0 saturated heterocycles. The van der Waals surface area contributed by atoms with E-state index in [2.05, 4.69) is 0 Å². The lowest BCUT2D eigenvalue weighted by atomic mass is 9.93. The number of ether oxygens (including phenoxy) is 1. The van der Waals surface area contributed by atoms with Crippen molar-refractivity contribution in [2.24, 2.45) is 0 Å². The maximum atomic E-state index is 9.71. The Morgan fingerprint density at radius 3 is 2.93 bits per heavy atom. The maximum Gasteiger partial charge on any atom is 0.119 e. The third-order valence-electron chi connectivity index (χ3n) is 2.70. The molecule has 2 rings (SSSR count). The highest BCUT2D eigenvalue weighted by Gasteiger charge is 2.21. The minimum atomic E-state index is -0.0355. The molecule has 0 aromatic heterocycles. The Hall–Kier alpha value is -1.06. The molecule has 3 heteroatoms. The van der Waals surface area contributed by atoms with Gasteiger partial charge in [0.25, 0.3) is 0 Å². The summed E-state index contributed by atoms with van der Waals surface area (Å²) in [4.78, 5) is 0. The fourth-order valence-corrected chi connectivity index (χ4v) is 1.91. The normalized spacial score (nSPS) is 16.7. The average Bonchev–Trinajstić information content (AvgIpc) is 2.64. The number of hydrogen-bond donors (Lipinski definition) is 2. The first kappa shape index (κ1) is 9.49. The van der Waals surface area contributed by atoms with Crippen LogP contribution in [-0.4, -0.2) is 16.8 Å². The second kappa shape index (κ2) is 3.59. The van der Waals surface area contributed by atoms with Crippen molar-refractivity contribution in [3.63, 3.8) is 0 Å². The van der Waals surface area contributed by atoms with Gasteiger partial charge in [-0.3, -0.25) is 0 Å². The number of fused-ring (bicyclic) bond motifs is 1. The molecule has 0 aliphatic carbocycles. The topological polar surface area (TPSA) is 49.7 Å². The predicted molar refractivity (Wildman–Crippen MR) is 52.1 cm³/mol. The fraction of sp³-hybridized carbons (Fsp3) is 0.455. The summed E-state index contributed by atoms with van der Waals surface area (Å²) in [5.41, 5.74) is 3.01. The summed E-state index contributed by atoms with van der Waals surface area (Å²) in [7, 11) is 0. The summed E-state index contributed by atoms with van der Waals surface area (Å²) in [6.07, 6.45) is 0. The van der Waals surface area contributed by atoms with Crippen LogP contribution in [0.1, 0.15) is 29.5 Å². The smallest absolute Gasteiger partial charge is 0.119 e. The Morgan fingerprint density at radius 1 is 1.43 bits per heavy atom. The van der Waals surface area contributed by atoms with Crippen LogP contribution in [0.25, 0.3) is 0 Å². The van der Waals surface area contributed by atoms with E-state index in [0.29, 0.717) is 13.2 Å². The van der Waals surface area contributed by atoms with E-state index in [1.807, 2.05) is 13.0 Å². The molecule has 0 spiro atoms. The summed E-state index contributed by atoms with van der Waals surface area (Å²) in [5.74, 6) is 0.224. The highest BCUT2D eigenvalue weighted by Crippen LogP contribution is 2.34. The van der Waals surface area contributed by atoms with Gasteiger partial charge in [-0.1, -0.05) is 13.0 Å². The van der Waals surface area contributed by atoms with Crippen LogP contribution >= 0.6 is 0 Å². The molecule has 14 heavy (non-hydrogen) atoms. The third-order valence-corrected chi connectivity index (χ3v) is 2.70. The number of aliphatic hydroxyl groups is 1. The average molecular weight is 194 g/mol. The maximum absolute atomic E-state index is 9.71. The summed E-state index contributed by atoms with van der Waals surface area (Å²) in [5, 5.41) is 18.8. The van der Waals surface area contributed by atoms with Crippen LogP contribution in [0.5, 0.6) is 5.75 Å². The predicted octanol–water partition coefficient (Wildman–Crippen LogP) is 1.52. The molecule has 0 fully saturated rings. The Balaban J connectivity index is 2.51. The van der Waals surface area contributed by atoms with E-state index in [1.54, 1.807) is 6.07 Å². The molecule has 1 atom stereocenters. The Morgan fingerprint density at radius 2 is 2.21 bits per heavy atom. The molecule has 3 nitrogen and oxygen atoms in total. The lowest BCUT2D eigenvalue weighted by Gasteiger charge is -2.14. The molecule has 1 aromatic carbocycles. The van der Waals surface area contributed by atoms with Crippen molar-refractivity contribution in [1.82, 2.24) is 0 Å². The second-order valence-electron chi connectivity index (χ2n) is 3.71. The zero-order valence-electron chi connectivity index (χ0n) is 8.16. The first-order chi connectivity index (χ1) is 6.74. The van der Waals surface area contributed by atoms with E-state index in [0.717, 1.165) is 16.7 Å². The summed E-state index contributed by atoms with van der Waals surface area (Å²) in [6, 6.07) is 3.56. The molecule has 1 heterocycles. The van der Waals surface area contributed by atoms with Gasteiger partial charge in [0, 0.05) is 18.1 Å². The van der Waals surface area contributed by atoms with E-state index in [-0.39, 0.29) is 18.3 Å². The molecule has 0 radical (unpaired) electrons. The van der Waals surface area contributed by atoms with Gasteiger partial charge in [-0.15, -0.1) is 0 Å². The van der Waals surface area contributed by atoms with Crippen LogP contribution < -0.4 is 0 Å². The fourth-order valence-electron chi connectivity index (χ4n) is 1.91. The van der Waals surface area contributed by atoms with Gasteiger partial charge in [0.15, 0.2) is 0 Å². The van der Waals surface area contributed by atoms with Crippen LogP contribution in [0.2, 0.25) is 0 Å². The van der Waals surface area contributed by atoms with Gasteiger partial charge in [-0.25, -0.2) is 0 Å². The molecule has 2 N–H and O–H groups in total. The van der Waals surface area contributed by atoms with Crippen molar-refractivity contribution in [3.8, 4) is 5.75 Å². The van der Waals surface area contributed by atoms with Crippen molar-refractivity contribution in [2.75, 3.05) is 6.61 Å². The van der Waals surface area contributed by atoms with Crippen molar-refractivity contribution >= 4 is 0 Å². The number of aromatic hydroxyl groups is 1. The Kier molecular flexibility index (Phi) is 2.44. The minimum absolute atomic E-state index is 0.0355. The Bertz CT molecular complexity index is 347. The van der Waals surface area contributed by atoms with Crippen LogP contribution in [0, 0.1) is 0 Å². The van der Waals surface area contributed by atoms with E-state index in [1.165, 1.54) is 0 Å². The van der Waals surface area contributed by atoms with Gasteiger partial charge in [0.2, 0.25) is 0 Å². The zero-order valence-corrected chi connectivity index (χ0v) is 8.16. The lowest BCUT2D eigenvalue weighted by molar-refractivity contribution is 0.134. The largest absolute Gasteiger partial charge is 0.508 e. The Labute approximate surface area is 83.0 Å². The summed E-state index contributed by atoms with van der Waals surface area (Å²) in [6.45, 7) is 3.10. The molecule has 0 bridgehead atoms. The molecule has 1 unspecified atom stereocenters. The van der Waals surface area contributed by atoms with Gasteiger partial charge in [-0.05, 0) is 17.2 Å². The molecule has 1 aliphatic rings. The van der Waals surface area contributed by atoms with Crippen molar-refractivity contribution in [2.45, 2.75) is 26.1 Å². The van der Waals surface area contributed by atoms with Crippen LogP contribution in [0.3, 0.4) is 0 Å². The minimum Gasteiger partial charge on any atom is -0.508 e. The van der Waals surface area contributed by atoms with Gasteiger partial charge >= 0.3 is 0 Å². The number of phenolic OH excluding ortho intramolecular Hbond substituents is 1. The van der Waals surface area contributed by atoms with Crippen molar-refractivity contribution in [1.29, 1.82) is 0 Å². The van der Waals surface area contributed by atoms with E-state index in [4.69, 9.17) is 9.84 Å². The SMILES string of the molecule is CC(CO)c1c(O)ccc2c1COC2. The molecular formula is C11H14O3. The molecule has 0 amide bonds. The summed E-state index contributed by atoms with van der Waals surface area (Å²) < 4.78 is 5.31. The van der Waals surface area contributed by atoms with Crippen LogP contribution in [0.15, 0.2) is 12.1 Å². The first-order valence-electron chi connectivity index (χ1n) is 4.76. The molecule has 0 saturated carbocycles. The van der Waals surface area contributed by atoms with Crippen LogP contribution in [-0.2, 0) is 18.0 Å². The molecule has 1 aromatic rings. The highest BCUT2D eigenvalue weighted by atomic mass is 16.5. The second-order valence-corrected chi connectivity index (χ2v) is 3.71. The molecule has 1 aliphatic heterocycles. The monoisotopic (exact) mass is 194 g/mol. The quantitative estimate of drug-likeness (QED) is 0.750. The van der Waals surface area contributed by atoms with Crippen LogP contribution in [0.4, 0.5) is 0 Å². The van der Waals surface area contributed by atoms with Gasteiger partial charge in [0.1, 0.15) is 5.75 Å². The highest BCUT2D eigenvalue weighted by molar-refractivity contribution is 5.47. The number of rotatable bonds is 2. The number of hydrogen-bond acceptors (Lipinski definition) is 3. The molecular weight excluding hydrogens is 180 g/mol. The van der Waals surface area contributed by atoms with Crippen molar-refractivity contribution < 1.29 is 14.9 Å². The van der Waals surface area contributed by atoms with Crippen molar-refractivity contribution in [3.05, 3.63) is 28.8 Å². The molecule has 76 valence electrons. The van der Waals surface area contributed by atoms with E-state index >= 15 is 0 Å². The van der Waals surface area contributed by atoms with E-state index in [9.17, 15) is 5.11 Å². The lowest BCUT2D eigenvalue weighted by Crippen LogP contribution is -2.03. The number of benzene rings is 1. The number of phenols is 1. The first-order valence-corrected chi connectivity index (χ1v) is 4.76. The van der Waals surface area contributed by atoms with Gasteiger partial charge < -0.3 is 14.9 Å². The third kappa shape index (κ3) is 1.38. The standard InChI is InChI=1S/C11H14O3/c1-7(4-12)11-9-6-14-5-8(9)2-3-10(11)13/h2-3,7,12-13H,4-6H2,1H3. The van der Waals surface area contributed by atoms with E-state index < -0.39 is 0 Å². The van der Waals surface area contributed by atoms with Gasteiger partial charge in [-0.2, -0.15) is 0 Å². The zero-order chi connectivity index (χ0) is 10.1.